The smallest absolute Gasteiger partial charge is 0.338 e. The van der Waals surface area contributed by atoms with E-state index in [1.807, 2.05) is 13.8 Å². The highest BCUT2D eigenvalue weighted by molar-refractivity contribution is 7.99. The van der Waals surface area contributed by atoms with Gasteiger partial charge in [-0.25, -0.2) is 19.7 Å². The first kappa shape index (κ1) is 30.9. The van der Waals surface area contributed by atoms with Gasteiger partial charge in [0, 0.05) is 0 Å². The molecule has 1 aromatic carbocycles. The topological polar surface area (TPSA) is 195 Å². The summed E-state index contributed by atoms with van der Waals surface area (Å²) in [6, 6.07) is 6.50. The summed E-state index contributed by atoms with van der Waals surface area (Å²) < 4.78 is 19.0. The molecule has 0 spiro atoms. The number of thioether (sulfide) groups is 1. The van der Waals surface area contributed by atoms with Gasteiger partial charge in [0.15, 0.2) is 33.8 Å². The molecule has 2 unspecified atom stereocenters. The number of fused-ring (bicyclic) bond motifs is 1. The Bertz CT molecular complexity index is 1320. The zero-order chi connectivity index (χ0) is 29.7. The van der Waals surface area contributed by atoms with Crippen LogP contribution in [0.25, 0.3) is 11.2 Å². The number of aromatic nitrogens is 4. The third-order valence-corrected chi connectivity index (χ3v) is 7.90. The zero-order valence-electron chi connectivity index (χ0n) is 23.2. The van der Waals surface area contributed by atoms with Crippen molar-refractivity contribution in [1.29, 1.82) is 0 Å². The summed E-state index contributed by atoms with van der Waals surface area (Å²) in [5, 5.41) is 41.5. The lowest BCUT2D eigenvalue weighted by Gasteiger charge is -2.24. The number of benzene rings is 1. The largest absolute Gasteiger partial charge is 0.477 e. The van der Waals surface area contributed by atoms with Crippen molar-refractivity contribution in [3.63, 3.8) is 0 Å². The van der Waals surface area contributed by atoms with E-state index in [1.54, 1.807) is 24.3 Å². The predicted octanol–water partition coefficient (Wildman–Crippen LogP) is 2.02. The van der Waals surface area contributed by atoms with Crippen molar-refractivity contribution in [1.82, 2.24) is 19.5 Å². The Morgan fingerprint density at radius 2 is 1.93 bits per heavy atom. The molecule has 6 N–H and O–H groups in total. The number of aliphatic hydroxyl groups excluding tert-OH is 4. The first-order valence-electron chi connectivity index (χ1n) is 13.6. The Kier molecular flexibility index (Phi) is 10.4. The fourth-order valence-electron chi connectivity index (χ4n) is 4.59. The first-order chi connectivity index (χ1) is 19.7. The number of nitrogen functional groups attached to an aromatic ring is 1. The van der Waals surface area contributed by atoms with E-state index in [4.69, 9.17) is 19.9 Å². The number of anilines is 1. The van der Waals surface area contributed by atoms with Gasteiger partial charge in [-0.15, -0.1) is 0 Å². The van der Waals surface area contributed by atoms with Gasteiger partial charge in [-0.1, -0.05) is 32.8 Å². The summed E-state index contributed by atoms with van der Waals surface area (Å²) in [5.41, 5.74) is 5.84. The third-order valence-electron chi connectivity index (χ3n) is 6.68. The van der Waals surface area contributed by atoms with Crippen LogP contribution in [0.2, 0.25) is 0 Å². The molecule has 4 rings (SSSR count). The minimum atomic E-state index is -1.42. The number of rotatable bonds is 13. The van der Waals surface area contributed by atoms with Crippen LogP contribution in [0, 0.1) is 0 Å². The Labute approximate surface area is 241 Å². The summed E-state index contributed by atoms with van der Waals surface area (Å²) >= 11 is 0.995. The molecule has 6 atom stereocenters. The van der Waals surface area contributed by atoms with Gasteiger partial charge in [0.25, 0.3) is 0 Å². The van der Waals surface area contributed by atoms with Crippen LogP contribution in [0.1, 0.15) is 63.0 Å². The maximum atomic E-state index is 12.9. The molecule has 0 radical (unpaired) electrons. The molecule has 0 aliphatic carbocycles. The molecule has 3 heterocycles. The van der Waals surface area contributed by atoms with Crippen LogP contribution in [0.4, 0.5) is 5.82 Å². The fraction of sp³-hybridized carbons (Fsp3) is 0.556. The van der Waals surface area contributed by atoms with E-state index in [-0.39, 0.29) is 28.2 Å². The minimum absolute atomic E-state index is 0.0764. The van der Waals surface area contributed by atoms with Gasteiger partial charge in [-0.2, -0.15) is 0 Å². The van der Waals surface area contributed by atoms with Crippen LogP contribution in [-0.2, 0) is 9.47 Å². The van der Waals surface area contributed by atoms with Gasteiger partial charge in [0.2, 0.25) is 0 Å². The van der Waals surface area contributed by atoms with Crippen LogP contribution in [0.5, 0.6) is 5.75 Å². The van der Waals surface area contributed by atoms with Crippen LogP contribution in [0.3, 0.4) is 0 Å². The average Bonchev–Trinajstić information content (AvgIpc) is 3.45. The molecule has 224 valence electrons. The SMILES string of the molecule is CCCC(CCC)OC(=O)c1cccc(OC(Sc2nc3c(N)ncnc3n2[C@@H]2O[C@H](CO)[C@@H](O)[C@H]2O)C(C)O)c1. The number of esters is 1. The molecule has 13 nitrogen and oxygen atoms in total. The van der Waals surface area contributed by atoms with Crippen molar-refractivity contribution in [3.05, 3.63) is 36.2 Å². The lowest BCUT2D eigenvalue weighted by Crippen LogP contribution is -2.33. The fourth-order valence-corrected chi connectivity index (χ4v) is 5.60. The minimum Gasteiger partial charge on any atom is -0.477 e. The van der Waals surface area contributed by atoms with Gasteiger partial charge in [-0.3, -0.25) is 4.57 Å². The van der Waals surface area contributed by atoms with Gasteiger partial charge in [0.1, 0.15) is 36.5 Å². The molecule has 2 aromatic heterocycles. The van der Waals surface area contributed by atoms with Gasteiger partial charge in [-0.05, 0) is 49.7 Å². The van der Waals surface area contributed by atoms with Crippen molar-refractivity contribution in [2.75, 3.05) is 12.3 Å². The van der Waals surface area contributed by atoms with Crippen molar-refractivity contribution in [2.24, 2.45) is 0 Å². The second kappa shape index (κ2) is 13.8. The second-order valence-electron chi connectivity index (χ2n) is 9.90. The average molecular weight is 592 g/mol. The molecule has 0 bridgehead atoms. The Hall–Kier alpha value is -3.01. The van der Waals surface area contributed by atoms with E-state index >= 15 is 0 Å². The first-order valence-corrected chi connectivity index (χ1v) is 14.5. The quantitative estimate of drug-likeness (QED) is 0.110. The number of nitrogens with two attached hydrogens (primary N) is 1. The molecule has 1 saturated heterocycles. The number of ether oxygens (including phenoxy) is 3. The molecule has 1 aliphatic rings. The Morgan fingerprint density at radius 1 is 1.20 bits per heavy atom. The van der Waals surface area contributed by atoms with Crippen molar-refractivity contribution >= 4 is 34.7 Å². The van der Waals surface area contributed by atoms with E-state index in [2.05, 4.69) is 15.0 Å². The maximum Gasteiger partial charge on any atom is 0.338 e. The lowest BCUT2D eigenvalue weighted by atomic mass is 10.1. The molecule has 1 fully saturated rings. The van der Waals surface area contributed by atoms with Crippen LogP contribution < -0.4 is 10.5 Å². The summed E-state index contributed by atoms with van der Waals surface area (Å²) in [6.45, 7) is 5.10. The number of aliphatic hydroxyl groups is 4. The highest BCUT2D eigenvalue weighted by Crippen LogP contribution is 2.38. The Morgan fingerprint density at radius 3 is 2.56 bits per heavy atom. The van der Waals surface area contributed by atoms with Crippen LogP contribution in [0.15, 0.2) is 35.7 Å². The molecular formula is C27H37N5O8S. The summed E-state index contributed by atoms with van der Waals surface area (Å²) in [4.78, 5) is 25.6. The number of hydrogen-bond acceptors (Lipinski definition) is 13. The van der Waals surface area contributed by atoms with Crippen LogP contribution in [-0.4, -0.2) is 88.5 Å². The number of imidazole rings is 1. The second-order valence-corrected chi connectivity index (χ2v) is 11.0. The molecule has 3 aromatic rings. The predicted molar refractivity (Wildman–Crippen MR) is 150 cm³/mol. The molecule has 14 heteroatoms. The van der Waals surface area contributed by atoms with Crippen LogP contribution >= 0.6 is 11.8 Å². The van der Waals surface area contributed by atoms with Crippen molar-refractivity contribution in [2.45, 2.75) is 93.8 Å². The number of nitrogens with zero attached hydrogens (tertiary/aromatic N) is 4. The number of carbonyl (C=O) groups excluding carboxylic acids is 1. The molecular weight excluding hydrogens is 554 g/mol. The highest BCUT2D eigenvalue weighted by atomic mass is 32.2. The molecule has 41 heavy (non-hydrogen) atoms. The summed E-state index contributed by atoms with van der Waals surface area (Å²) in [6.07, 6.45) is -1.59. The van der Waals surface area contributed by atoms with Crippen molar-refractivity contribution < 1.29 is 39.4 Å². The molecule has 1 aliphatic heterocycles. The highest BCUT2D eigenvalue weighted by Gasteiger charge is 2.45. The number of carbonyl (C=O) groups is 1. The monoisotopic (exact) mass is 591 g/mol. The van der Waals surface area contributed by atoms with Crippen molar-refractivity contribution in [3.8, 4) is 5.75 Å². The summed E-state index contributed by atoms with van der Waals surface area (Å²) in [7, 11) is 0. The molecule has 0 saturated carbocycles. The zero-order valence-corrected chi connectivity index (χ0v) is 24.0. The van der Waals surface area contributed by atoms with E-state index in [0.717, 1.165) is 37.4 Å². The van der Waals surface area contributed by atoms with E-state index in [0.29, 0.717) is 11.3 Å². The summed E-state index contributed by atoms with van der Waals surface area (Å²) in [5.74, 6) is -0.0633. The normalized spacial score (nSPS) is 22.2. The molecule has 0 amide bonds. The van der Waals surface area contributed by atoms with E-state index in [9.17, 15) is 25.2 Å². The maximum absolute atomic E-state index is 12.9. The van der Waals surface area contributed by atoms with Gasteiger partial charge < -0.3 is 40.4 Å². The third kappa shape index (κ3) is 6.90. The van der Waals surface area contributed by atoms with Gasteiger partial charge >= 0.3 is 5.97 Å². The standard InChI is InChI=1S/C27H37N5O8S/c1-4-7-16(8-5-2)38-25(37)15-9-6-10-17(11-15)39-26(14(3)34)41-27-31-19-22(28)29-13-30-23(19)32(27)24-21(36)20(35)18(12-33)40-24/h6,9-11,13-14,16,18,20-21,24,26,33-36H,4-5,7-8,12H2,1-3H3,(H2,28,29,30)/t14?,18-,20-,21-,24-,26?/m1/s1. The van der Waals surface area contributed by atoms with Gasteiger partial charge in [0.05, 0.1) is 18.3 Å². The lowest BCUT2D eigenvalue weighted by molar-refractivity contribution is -0.0549. The Balaban J connectivity index is 1.61. The number of hydrogen-bond donors (Lipinski definition) is 5. The van der Waals surface area contributed by atoms with E-state index in [1.165, 1.54) is 17.8 Å². The van der Waals surface area contributed by atoms with E-state index < -0.39 is 48.7 Å².